The van der Waals surface area contributed by atoms with Gasteiger partial charge in [-0.2, -0.15) is 0 Å². The van der Waals surface area contributed by atoms with Gasteiger partial charge in [-0.1, -0.05) is 6.92 Å². The first-order chi connectivity index (χ1) is 12.8. The number of hydrogen-bond donors (Lipinski definition) is 1. The lowest BCUT2D eigenvalue weighted by molar-refractivity contribution is -0.0125. The first kappa shape index (κ1) is 18.1. The molecule has 2 atom stereocenters. The normalized spacial score (nSPS) is 26.1. The summed E-state index contributed by atoms with van der Waals surface area (Å²) in [6, 6.07) is 2.03. The van der Waals surface area contributed by atoms with Crippen molar-refractivity contribution in [3.63, 3.8) is 0 Å². The molecule has 0 bridgehead atoms. The molecule has 4 rings (SSSR count). The van der Waals surface area contributed by atoms with Crippen molar-refractivity contribution >= 4 is 22.9 Å². The van der Waals surface area contributed by atoms with Gasteiger partial charge in [0.25, 0.3) is 0 Å². The lowest BCUT2D eigenvalue weighted by atomic mass is 9.68. The predicted molar refractivity (Wildman–Crippen MR) is 105 cm³/mol. The van der Waals surface area contributed by atoms with Crippen molar-refractivity contribution in [2.45, 2.75) is 46.1 Å². The fourth-order valence-corrected chi connectivity index (χ4v) is 4.58. The number of rotatable bonds is 1. The minimum Gasteiger partial charge on any atom is -0.444 e. The van der Waals surface area contributed by atoms with Gasteiger partial charge < -0.3 is 19.5 Å². The molecule has 27 heavy (non-hydrogen) atoms. The van der Waals surface area contributed by atoms with Crippen molar-refractivity contribution in [2.75, 3.05) is 31.1 Å². The molecule has 2 saturated heterocycles. The largest absolute Gasteiger partial charge is 0.444 e. The van der Waals surface area contributed by atoms with Crippen LogP contribution in [-0.4, -0.2) is 57.7 Å². The third kappa shape index (κ3) is 3.47. The van der Waals surface area contributed by atoms with Crippen LogP contribution in [0.4, 0.5) is 10.6 Å². The average Bonchev–Trinajstić information content (AvgIpc) is 3.07. The Labute approximate surface area is 160 Å². The third-order valence-electron chi connectivity index (χ3n) is 5.87. The average molecular weight is 371 g/mol. The Morgan fingerprint density at radius 2 is 2.04 bits per heavy atom. The quantitative estimate of drug-likeness (QED) is 0.831. The molecule has 2 aliphatic rings. The van der Waals surface area contributed by atoms with Gasteiger partial charge in [-0.15, -0.1) is 0 Å². The third-order valence-corrected chi connectivity index (χ3v) is 5.87. The number of hydrogen-bond acceptors (Lipinski definition) is 5. The number of nitrogens with zero attached hydrogens (tertiary/aromatic N) is 4. The van der Waals surface area contributed by atoms with Crippen LogP contribution in [0, 0.1) is 11.3 Å². The highest BCUT2D eigenvalue weighted by Crippen LogP contribution is 2.43. The molecule has 0 unspecified atom stereocenters. The summed E-state index contributed by atoms with van der Waals surface area (Å²) in [5.74, 6) is 1.60. The lowest BCUT2D eigenvalue weighted by Crippen LogP contribution is -2.58. The molecule has 4 heterocycles. The number of piperidine rings is 2. The topological polar surface area (TPSA) is 74.3 Å². The highest BCUT2D eigenvalue weighted by atomic mass is 16.6. The Balaban J connectivity index is 1.54. The molecule has 2 aromatic rings. The molecule has 0 aliphatic carbocycles. The Hall–Kier alpha value is -2.31. The number of anilines is 1. The van der Waals surface area contributed by atoms with Crippen molar-refractivity contribution in [1.29, 1.82) is 0 Å². The molecule has 2 aliphatic heterocycles. The predicted octanol–water partition coefficient (Wildman–Crippen LogP) is 3.43. The van der Waals surface area contributed by atoms with Crippen LogP contribution in [-0.2, 0) is 4.74 Å². The van der Waals surface area contributed by atoms with Crippen molar-refractivity contribution in [1.82, 2.24) is 19.9 Å². The van der Waals surface area contributed by atoms with Crippen LogP contribution in [0.3, 0.4) is 0 Å². The Kier molecular flexibility index (Phi) is 4.28. The van der Waals surface area contributed by atoms with E-state index in [2.05, 4.69) is 26.8 Å². The minimum atomic E-state index is -0.464. The summed E-state index contributed by atoms with van der Waals surface area (Å²) in [6.07, 6.45) is 5.48. The van der Waals surface area contributed by atoms with E-state index in [4.69, 9.17) is 4.74 Å². The van der Waals surface area contributed by atoms with E-state index < -0.39 is 5.60 Å². The molecule has 1 N–H and O–H groups in total. The molecular formula is C20H29N5O2. The zero-order valence-corrected chi connectivity index (χ0v) is 16.7. The van der Waals surface area contributed by atoms with Crippen molar-refractivity contribution in [3.05, 3.63) is 18.6 Å². The fraction of sp³-hybridized carbons (Fsp3) is 0.650. The number of carbonyl (C=O) groups excluding carboxylic acids is 1. The summed E-state index contributed by atoms with van der Waals surface area (Å²) >= 11 is 0. The van der Waals surface area contributed by atoms with Gasteiger partial charge >= 0.3 is 6.09 Å². The minimum absolute atomic E-state index is 0.0288. The fourth-order valence-electron chi connectivity index (χ4n) is 4.58. The maximum Gasteiger partial charge on any atom is 0.410 e. The Morgan fingerprint density at radius 1 is 1.26 bits per heavy atom. The monoisotopic (exact) mass is 371 g/mol. The van der Waals surface area contributed by atoms with Crippen molar-refractivity contribution in [2.24, 2.45) is 11.3 Å². The van der Waals surface area contributed by atoms with Crippen LogP contribution in [0.15, 0.2) is 18.6 Å². The van der Waals surface area contributed by atoms with E-state index in [1.165, 1.54) is 0 Å². The van der Waals surface area contributed by atoms with E-state index in [1.807, 2.05) is 37.9 Å². The number of nitrogens with one attached hydrogen (secondary N) is 1. The second kappa shape index (κ2) is 6.39. The molecule has 2 fully saturated rings. The number of carbonyl (C=O) groups is 1. The van der Waals surface area contributed by atoms with Crippen LogP contribution in [0.1, 0.15) is 40.5 Å². The Morgan fingerprint density at radius 3 is 2.81 bits per heavy atom. The number of aromatic nitrogens is 3. The summed E-state index contributed by atoms with van der Waals surface area (Å²) in [5.41, 5.74) is 0.432. The maximum absolute atomic E-state index is 12.6. The zero-order chi connectivity index (χ0) is 19.2. The Bertz CT molecular complexity index is 842. The van der Waals surface area contributed by atoms with Gasteiger partial charge in [-0.25, -0.2) is 14.8 Å². The van der Waals surface area contributed by atoms with E-state index in [0.29, 0.717) is 5.92 Å². The van der Waals surface area contributed by atoms with E-state index >= 15 is 0 Å². The molecule has 0 aromatic carbocycles. The van der Waals surface area contributed by atoms with Crippen LogP contribution in [0.2, 0.25) is 0 Å². The van der Waals surface area contributed by atoms with Crippen LogP contribution in [0.5, 0.6) is 0 Å². The van der Waals surface area contributed by atoms with Gasteiger partial charge in [0.2, 0.25) is 0 Å². The highest BCUT2D eigenvalue weighted by molar-refractivity contribution is 5.87. The van der Waals surface area contributed by atoms with E-state index in [9.17, 15) is 4.79 Å². The van der Waals surface area contributed by atoms with Gasteiger partial charge in [-0.05, 0) is 45.6 Å². The number of likely N-dealkylation sites (tertiary alicyclic amines) is 1. The number of amides is 1. The molecule has 7 nitrogen and oxygen atoms in total. The van der Waals surface area contributed by atoms with E-state index in [-0.39, 0.29) is 11.5 Å². The molecule has 1 amide bonds. The molecule has 0 saturated carbocycles. The SMILES string of the molecule is CC(C)(C)OC(=O)N1CC[C@H]2CCN(c3ncnc4[nH]ccc34)C[C@@]2(C)C1. The summed E-state index contributed by atoms with van der Waals surface area (Å²) in [6.45, 7) is 11.4. The van der Waals surface area contributed by atoms with Gasteiger partial charge in [0.15, 0.2) is 0 Å². The first-order valence-electron chi connectivity index (χ1n) is 9.76. The standard InChI is InChI=1S/C20H29N5O2/c1-19(2,3)27-18(26)25-10-7-14-6-9-24(11-20(14,4)12-25)17-15-5-8-21-16(15)22-13-23-17/h5,8,13-14H,6-7,9-12H2,1-4H3,(H,21,22,23)/t14-,20+/m1/s1. The smallest absolute Gasteiger partial charge is 0.410 e. The highest BCUT2D eigenvalue weighted by Gasteiger charge is 2.45. The van der Waals surface area contributed by atoms with Gasteiger partial charge in [0.05, 0.1) is 5.39 Å². The van der Waals surface area contributed by atoms with Crippen LogP contribution >= 0.6 is 0 Å². The van der Waals surface area contributed by atoms with Crippen molar-refractivity contribution < 1.29 is 9.53 Å². The molecule has 146 valence electrons. The maximum atomic E-state index is 12.6. The number of H-pyrrole nitrogens is 1. The second-order valence-corrected chi connectivity index (χ2v) is 9.19. The second-order valence-electron chi connectivity index (χ2n) is 9.19. The van der Waals surface area contributed by atoms with E-state index in [1.54, 1.807) is 6.33 Å². The van der Waals surface area contributed by atoms with E-state index in [0.717, 1.165) is 55.9 Å². The van der Waals surface area contributed by atoms with Crippen molar-refractivity contribution in [3.8, 4) is 0 Å². The van der Waals surface area contributed by atoms with Crippen LogP contribution in [0.25, 0.3) is 11.0 Å². The molecule has 7 heteroatoms. The number of aromatic amines is 1. The number of ether oxygens (including phenoxy) is 1. The van der Waals surface area contributed by atoms with Gasteiger partial charge in [0, 0.05) is 37.8 Å². The number of fused-ring (bicyclic) bond motifs is 2. The first-order valence-corrected chi connectivity index (χ1v) is 9.76. The van der Waals surface area contributed by atoms with Crippen LogP contribution < -0.4 is 4.90 Å². The molecule has 0 radical (unpaired) electrons. The zero-order valence-electron chi connectivity index (χ0n) is 16.7. The lowest BCUT2D eigenvalue weighted by Gasteiger charge is -2.52. The molecular weight excluding hydrogens is 342 g/mol. The summed E-state index contributed by atoms with van der Waals surface area (Å²) in [7, 11) is 0. The summed E-state index contributed by atoms with van der Waals surface area (Å²) in [5, 5.41) is 1.05. The van der Waals surface area contributed by atoms with Gasteiger partial charge in [0.1, 0.15) is 23.4 Å². The molecule has 2 aromatic heterocycles. The van der Waals surface area contributed by atoms with Gasteiger partial charge in [-0.3, -0.25) is 0 Å². The molecule has 0 spiro atoms. The summed E-state index contributed by atoms with van der Waals surface area (Å²) < 4.78 is 5.61. The summed E-state index contributed by atoms with van der Waals surface area (Å²) in [4.78, 5) is 28.9.